The lowest BCUT2D eigenvalue weighted by Gasteiger charge is -2.23. The van der Waals surface area contributed by atoms with Crippen molar-refractivity contribution in [1.29, 1.82) is 0 Å². The summed E-state index contributed by atoms with van der Waals surface area (Å²) in [4.78, 5) is 16.8. The molecule has 1 aromatic carbocycles. The minimum Gasteiger partial charge on any atom is -0.378 e. The number of hydrogen-bond donors (Lipinski definition) is 2. The van der Waals surface area contributed by atoms with Gasteiger partial charge in [0.05, 0.1) is 30.8 Å². The van der Waals surface area contributed by atoms with E-state index in [1.165, 1.54) is 0 Å². The van der Waals surface area contributed by atoms with E-state index in [4.69, 9.17) is 4.74 Å². The minimum atomic E-state index is 0. The molecule has 2 aromatic rings. The Kier molecular flexibility index (Phi) is 8.65. The van der Waals surface area contributed by atoms with Crippen molar-refractivity contribution in [2.45, 2.75) is 38.9 Å². The molecule has 3 rings (SSSR count). The first kappa shape index (κ1) is 21.7. The molecule has 1 atom stereocenters. The van der Waals surface area contributed by atoms with E-state index in [1.807, 2.05) is 18.2 Å². The molecule has 0 aliphatic carbocycles. The number of ether oxygens (including phenoxy) is 1. The van der Waals surface area contributed by atoms with Crippen LogP contribution in [0.25, 0.3) is 11.0 Å². The Hall–Kier alpha value is -1.34. The molecule has 0 radical (unpaired) electrons. The average Bonchev–Trinajstić information content (AvgIpc) is 2.92. The zero-order chi connectivity index (χ0) is 16.2. The number of hydrogen-bond acceptors (Lipinski definition) is 4. The summed E-state index contributed by atoms with van der Waals surface area (Å²) in [5, 5.41) is 6.28. The highest BCUT2D eigenvalue weighted by atomic mass is 35.5. The number of fused-ring (bicyclic) bond motifs is 1. The van der Waals surface area contributed by atoms with Crippen molar-refractivity contribution in [2.24, 2.45) is 0 Å². The topological polar surface area (TPSA) is 68.2 Å². The number of imidazole rings is 1. The van der Waals surface area contributed by atoms with Crippen LogP contribution in [0.4, 0.5) is 0 Å². The molecule has 1 aliphatic heterocycles. The fourth-order valence-corrected chi connectivity index (χ4v) is 3.02. The van der Waals surface area contributed by atoms with Gasteiger partial charge in [-0.25, -0.2) is 4.98 Å². The summed E-state index contributed by atoms with van der Waals surface area (Å²) in [5.74, 6) is 0.915. The summed E-state index contributed by atoms with van der Waals surface area (Å²) < 4.78 is 7.56. The van der Waals surface area contributed by atoms with Crippen LogP contribution in [0.15, 0.2) is 24.3 Å². The third kappa shape index (κ3) is 5.31. The van der Waals surface area contributed by atoms with Gasteiger partial charge in [0.1, 0.15) is 5.82 Å². The van der Waals surface area contributed by atoms with Crippen molar-refractivity contribution >= 4 is 41.8 Å². The van der Waals surface area contributed by atoms with Gasteiger partial charge in [-0.1, -0.05) is 12.1 Å². The first-order valence-electron chi connectivity index (χ1n) is 8.19. The summed E-state index contributed by atoms with van der Waals surface area (Å²) in [5.41, 5.74) is 2.07. The van der Waals surface area contributed by atoms with Crippen molar-refractivity contribution in [2.75, 3.05) is 19.8 Å². The smallest absolute Gasteiger partial charge is 0.222 e. The Balaban J connectivity index is 0.00000156. The zero-order valence-electron chi connectivity index (χ0n) is 14.5. The van der Waals surface area contributed by atoms with Gasteiger partial charge < -0.3 is 19.9 Å². The lowest BCUT2D eigenvalue weighted by Crippen LogP contribution is -2.44. The van der Waals surface area contributed by atoms with Gasteiger partial charge in [0, 0.05) is 25.0 Å². The fraction of sp³-hybridized carbons (Fsp3) is 0.529. The van der Waals surface area contributed by atoms with Crippen LogP contribution in [0.5, 0.6) is 0 Å². The highest BCUT2D eigenvalue weighted by molar-refractivity contribution is 5.85. The van der Waals surface area contributed by atoms with Gasteiger partial charge in [-0.15, -0.1) is 24.8 Å². The number of nitrogens with zero attached hydrogens (tertiary/aromatic N) is 2. The first-order chi connectivity index (χ1) is 11.1. The SMILES string of the molecule is CC(C)n1c(CNC(=O)CC2COCCN2)nc2ccccc21.Cl.Cl. The van der Waals surface area contributed by atoms with Gasteiger partial charge >= 0.3 is 0 Å². The van der Waals surface area contributed by atoms with Crippen LogP contribution in [-0.4, -0.2) is 41.3 Å². The maximum atomic E-state index is 12.1. The predicted molar refractivity (Wildman–Crippen MR) is 104 cm³/mol. The third-order valence-corrected chi connectivity index (χ3v) is 4.06. The van der Waals surface area contributed by atoms with E-state index in [1.54, 1.807) is 0 Å². The molecule has 8 heteroatoms. The Bertz CT molecular complexity index is 684. The normalized spacial score (nSPS) is 17.0. The number of benzene rings is 1. The van der Waals surface area contributed by atoms with E-state index >= 15 is 0 Å². The summed E-state index contributed by atoms with van der Waals surface area (Å²) in [7, 11) is 0. The van der Waals surface area contributed by atoms with Gasteiger partial charge in [0.15, 0.2) is 0 Å². The number of nitrogens with one attached hydrogen (secondary N) is 2. The van der Waals surface area contributed by atoms with E-state index in [0.717, 1.165) is 30.0 Å². The largest absolute Gasteiger partial charge is 0.378 e. The summed E-state index contributed by atoms with van der Waals surface area (Å²) in [6.07, 6.45) is 0.432. The van der Waals surface area contributed by atoms with Crippen molar-refractivity contribution in [3.63, 3.8) is 0 Å². The Labute approximate surface area is 160 Å². The molecule has 25 heavy (non-hydrogen) atoms. The number of aromatic nitrogens is 2. The number of carbonyl (C=O) groups is 1. The average molecular weight is 389 g/mol. The highest BCUT2D eigenvalue weighted by Crippen LogP contribution is 2.20. The molecule has 140 valence electrons. The highest BCUT2D eigenvalue weighted by Gasteiger charge is 2.18. The molecule has 1 saturated heterocycles. The number of carbonyl (C=O) groups excluding carboxylic acids is 1. The summed E-state index contributed by atoms with van der Waals surface area (Å²) in [6.45, 7) is 6.82. The lowest BCUT2D eigenvalue weighted by atomic mass is 10.2. The molecule has 1 fully saturated rings. The fourth-order valence-electron chi connectivity index (χ4n) is 3.02. The summed E-state index contributed by atoms with van der Waals surface area (Å²) in [6, 6.07) is 8.46. The lowest BCUT2D eigenvalue weighted by molar-refractivity contribution is -0.122. The van der Waals surface area contributed by atoms with Crippen molar-refractivity contribution in [3.05, 3.63) is 30.1 Å². The number of para-hydroxylation sites is 2. The molecular formula is C17H26Cl2N4O2. The predicted octanol–water partition coefficient (Wildman–Crippen LogP) is 2.46. The first-order valence-corrected chi connectivity index (χ1v) is 8.19. The Morgan fingerprint density at radius 3 is 2.84 bits per heavy atom. The van der Waals surface area contributed by atoms with Crippen molar-refractivity contribution < 1.29 is 9.53 Å². The number of halogens is 2. The molecular weight excluding hydrogens is 363 g/mol. The maximum absolute atomic E-state index is 12.1. The minimum absolute atomic E-state index is 0. The van der Waals surface area contributed by atoms with E-state index in [2.05, 4.69) is 40.1 Å². The van der Waals surface area contributed by atoms with Gasteiger partial charge in [0.25, 0.3) is 0 Å². The molecule has 6 nitrogen and oxygen atoms in total. The second-order valence-electron chi connectivity index (χ2n) is 6.19. The maximum Gasteiger partial charge on any atom is 0.222 e. The molecule has 1 aliphatic rings. The zero-order valence-corrected chi connectivity index (χ0v) is 16.2. The van der Waals surface area contributed by atoms with Crippen LogP contribution in [0, 0.1) is 0 Å². The molecule has 0 saturated carbocycles. The van der Waals surface area contributed by atoms with Crippen molar-refractivity contribution in [3.8, 4) is 0 Å². The Morgan fingerprint density at radius 1 is 1.40 bits per heavy atom. The van der Waals surface area contributed by atoms with Gasteiger partial charge in [-0.05, 0) is 26.0 Å². The van der Waals surface area contributed by atoms with E-state index in [9.17, 15) is 4.79 Å². The van der Waals surface area contributed by atoms with Gasteiger partial charge in [0.2, 0.25) is 5.91 Å². The third-order valence-electron chi connectivity index (χ3n) is 4.06. The molecule has 1 unspecified atom stereocenters. The molecule has 2 heterocycles. The molecule has 1 aromatic heterocycles. The van der Waals surface area contributed by atoms with Crippen LogP contribution in [0.3, 0.4) is 0 Å². The monoisotopic (exact) mass is 388 g/mol. The molecule has 0 spiro atoms. The number of morpholine rings is 1. The summed E-state index contributed by atoms with van der Waals surface area (Å²) >= 11 is 0. The van der Waals surface area contributed by atoms with E-state index in [0.29, 0.717) is 25.6 Å². The second kappa shape index (κ2) is 9.97. The molecule has 1 amide bonds. The molecule has 0 bridgehead atoms. The van der Waals surface area contributed by atoms with E-state index in [-0.39, 0.29) is 36.8 Å². The van der Waals surface area contributed by atoms with Gasteiger partial charge in [-0.3, -0.25) is 4.79 Å². The van der Waals surface area contributed by atoms with Crippen LogP contribution >= 0.6 is 24.8 Å². The Morgan fingerprint density at radius 2 is 2.16 bits per heavy atom. The second-order valence-corrected chi connectivity index (χ2v) is 6.19. The number of rotatable bonds is 5. The molecule has 2 N–H and O–H groups in total. The standard InChI is InChI=1S/C17H24N4O2.2ClH/c1-12(2)21-15-6-4-3-5-14(15)20-16(21)10-19-17(22)9-13-11-23-8-7-18-13;;/h3-6,12-13,18H,7-11H2,1-2H3,(H,19,22);2*1H. The van der Waals surface area contributed by atoms with E-state index < -0.39 is 0 Å². The number of amides is 1. The van der Waals surface area contributed by atoms with Crippen molar-refractivity contribution in [1.82, 2.24) is 20.2 Å². The van der Waals surface area contributed by atoms with Crippen LogP contribution in [0.1, 0.15) is 32.1 Å². The van der Waals surface area contributed by atoms with Crippen LogP contribution in [-0.2, 0) is 16.1 Å². The van der Waals surface area contributed by atoms with Crippen LogP contribution in [0.2, 0.25) is 0 Å². The van der Waals surface area contributed by atoms with Gasteiger partial charge in [-0.2, -0.15) is 0 Å². The van der Waals surface area contributed by atoms with Crippen LogP contribution < -0.4 is 10.6 Å². The quantitative estimate of drug-likeness (QED) is 0.825.